The first-order chi connectivity index (χ1) is 8.32. The molecule has 1 rings (SSSR count). The Morgan fingerprint density at radius 1 is 1.39 bits per heavy atom. The maximum Gasteiger partial charge on any atom is 0.237 e. The van der Waals surface area contributed by atoms with Gasteiger partial charge in [0, 0.05) is 5.69 Å². The van der Waals surface area contributed by atoms with E-state index in [2.05, 4.69) is 5.32 Å². The second-order valence-electron chi connectivity index (χ2n) is 4.77. The molecule has 1 amide bonds. The van der Waals surface area contributed by atoms with Crippen LogP contribution in [-0.2, 0) is 4.79 Å². The van der Waals surface area contributed by atoms with Crippen LogP contribution in [0.1, 0.15) is 31.4 Å². The topological polar surface area (TPSA) is 55.1 Å². The zero-order valence-corrected chi connectivity index (χ0v) is 12.1. The minimum absolute atomic E-state index is 0.144. The van der Waals surface area contributed by atoms with Crippen LogP contribution in [-0.4, -0.2) is 10.9 Å². The molecule has 0 radical (unpaired) electrons. The predicted molar refractivity (Wildman–Crippen MR) is 79.7 cm³/mol. The van der Waals surface area contributed by atoms with Crippen LogP contribution >= 0.6 is 12.2 Å². The normalized spacial score (nSPS) is 13.8. The number of rotatable bonds is 4. The molecule has 98 valence electrons. The first kappa shape index (κ1) is 14.6. The van der Waals surface area contributed by atoms with Crippen LogP contribution in [0.5, 0.6) is 0 Å². The van der Waals surface area contributed by atoms with Crippen molar-refractivity contribution in [3.05, 3.63) is 29.3 Å². The molecule has 0 aromatic heterocycles. The van der Waals surface area contributed by atoms with Crippen LogP contribution in [0.25, 0.3) is 0 Å². The van der Waals surface area contributed by atoms with Gasteiger partial charge in [-0.25, -0.2) is 0 Å². The molecular formula is C14H20N2OS. The summed E-state index contributed by atoms with van der Waals surface area (Å²) in [5.74, 6) is -0.144. The Kier molecular flexibility index (Phi) is 4.46. The number of carbonyl (C=O) groups is 1. The molecule has 1 atom stereocenters. The number of hydrogen-bond acceptors (Lipinski definition) is 2. The Bertz CT molecular complexity index is 464. The number of aryl methyl sites for hydroxylation is 2. The summed E-state index contributed by atoms with van der Waals surface area (Å²) in [5, 5.41) is 2.94. The largest absolute Gasteiger partial charge is 0.392 e. The molecule has 3 nitrogen and oxygen atoms in total. The van der Waals surface area contributed by atoms with Crippen LogP contribution in [0.4, 0.5) is 5.69 Å². The van der Waals surface area contributed by atoms with Gasteiger partial charge in [0.05, 0.1) is 10.4 Å². The molecule has 4 heteroatoms. The van der Waals surface area contributed by atoms with Gasteiger partial charge in [0.15, 0.2) is 0 Å². The van der Waals surface area contributed by atoms with Crippen molar-refractivity contribution < 1.29 is 4.79 Å². The highest BCUT2D eigenvalue weighted by molar-refractivity contribution is 7.80. The summed E-state index contributed by atoms with van der Waals surface area (Å²) >= 11 is 5.00. The zero-order valence-electron chi connectivity index (χ0n) is 11.3. The number of carbonyl (C=O) groups excluding carboxylic acids is 1. The fourth-order valence-corrected chi connectivity index (χ4v) is 1.95. The van der Waals surface area contributed by atoms with E-state index in [0.717, 1.165) is 16.8 Å². The van der Waals surface area contributed by atoms with E-state index < -0.39 is 5.41 Å². The highest BCUT2D eigenvalue weighted by Gasteiger charge is 2.34. The van der Waals surface area contributed by atoms with Crippen LogP contribution in [0.2, 0.25) is 0 Å². The number of amides is 1. The molecule has 0 aliphatic rings. The van der Waals surface area contributed by atoms with Crippen molar-refractivity contribution in [3.8, 4) is 0 Å². The monoisotopic (exact) mass is 264 g/mol. The predicted octanol–water partition coefficient (Wildman–Crippen LogP) is 2.94. The summed E-state index contributed by atoms with van der Waals surface area (Å²) in [6.45, 7) is 7.61. The van der Waals surface area contributed by atoms with Crippen LogP contribution in [0, 0.1) is 19.3 Å². The fraction of sp³-hybridized carbons (Fsp3) is 0.429. The van der Waals surface area contributed by atoms with Crippen molar-refractivity contribution in [2.45, 2.75) is 34.1 Å². The summed E-state index contributed by atoms with van der Waals surface area (Å²) in [5.41, 5.74) is 7.79. The molecule has 0 fully saturated rings. The molecule has 0 heterocycles. The van der Waals surface area contributed by atoms with Gasteiger partial charge >= 0.3 is 0 Å². The average Bonchev–Trinajstić information content (AvgIpc) is 2.32. The van der Waals surface area contributed by atoms with Gasteiger partial charge in [0.25, 0.3) is 0 Å². The highest BCUT2D eigenvalue weighted by Crippen LogP contribution is 2.26. The van der Waals surface area contributed by atoms with Gasteiger partial charge < -0.3 is 11.1 Å². The summed E-state index contributed by atoms with van der Waals surface area (Å²) in [7, 11) is 0. The average molecular weight is 264 g/mol. The molecule has 1 unspecified atom stereocenters. The molecule has 0 spiro atoms. The molecule has 0 saturated carbocycles. The molecular weight excluding hydrogens is 244 g/mol. The zero-order chi connectivity index (χ0) is 13.9. The second kappa shape index (κ2) is 5.48. The number of benzene rings is 1. The van der Waals surface area contributed by atoms with Gasteiger partial charge in [-0.2, -0.15) is 0 Å². The van der Waals surface area contributed by atoms with Crippen molar-refractivity contribution >= 4 is 28.8 Å². The lowest BCUT2D eigenvalue weighted by molar-refractivity contribution is -0.121. The molecule has 0 aliphatic carbocycles. The van der Waals surface area contributed by atoms with Crippen LogP contribution in [0.15, 0.2) is 18.2 Å². The van der Waals surface area contributed by atoms with Crippen LogP contribution in [0.3, 0.4) is 0 Å². The van der Waals surface area contributed by atoms with E-state index in [1.54, 1.807) is 6.92 Å². The van der Waals surface area contributed by atoms with Crippen molar-refractivity contribution in [3.63, 3.8) is 0 Å². The molecule has 0 saturated heterocycles. The fourth-order valence-electron chi connectivity index (χ4n) is 1.71. The van der Waals surface area contributed by atoms with Crippen LogP contribution < -0.4 is 11.1 Å². The van der Waals surface area contributed by atoms with E-state index in [0.29, 0.717) is 6.42 Å². The van der Waals surface area contributed by atoms with Gasteiger partial charge in [0.1, 0.15) is 0 Å². The first-order valence-electron chi connectivity index (χ1n) is 6.00. The standard InChI is InChI=1S/C14H20N2OS/c1-5-14(4,12(15)18)13(17)16-11-9(2)7-6-8-10(11)3/h6-8H,5H2,1-4H3,(H2,15,18)(H,16,17). The summed E-state index contributed by atoms with van der Waals surface area (Å²) < 4.78 is 0. The molecule has 1 aromatic carbocycles. The lowest BCUT2D eigenvalue weighted by Crippen LogP contribution is -2.43. The van der Waals surface area contributed by atoms with E-state index in [9.17, 15) is 4.79 Å². The maximum absolute atomic E-state index is 12.3. The Labute approximate surface area is 114 Å². The number of hydrogen-bond donors (Lipinski definition) is 2. The van der Waals surface area contributed by atoms with Gasteiger partial charge in [-0.15, -0.1) is 0 Å². The number of nitrogens with one attached hydrogen (secondary N) is 1. The lowest BCUT2D eigenvalue weighted by Gasteiger charge is -2.26. The Balaban J connectivity index is 3.05. The minimum atomic E-state index is -0.802. The quantitative estimate of drug-likeness (QED) is 0.822. The Morgan fingerprint density at radius 3 is 2.28 bits per heavy atom. The Morgan fingerprint density at radius 2 is 1.89 bits per heavy atom. The molecule has 18 heavy (non-hydrogen) atoms. The molecule has 3 N–H and O–H groups in total. The lowest BCUT2D eigenvalue weighted by atomic mass is 9.86. The van der Waals surface area contributed by atoms with E-state index in [4.69, 9.17) is 18.0 Å². The number of anilines is 1. The SMILES string of the molecule is CCC(C)(C(=O)Nc1c(C)cccc1C)C(N)=S. The van der Waals surface area contributed by atoms with Gasteiger partial charge in [-0.3, -0.25) is 4.79 Å². The number of thiocarbonyl (C=S) groups is 1. The summed E-state index contributed by atoms with van der Waals surface area (Å²) in [6.07, 6.45) is 0.582. The smallest absolute Gasteiger partial charge is 0.237 e. The third-order valence-electron chi connectivity index (χ3n) is 3.47. The van der Waals surface area contributed by atoms with Gasteiger partial charge in [-0.1, -0.05) is 37.3 Å². The van der Waals surface area contributed by atoms with E-state index >= 15 is 0 Å². The van der Waals surface area contributed by atoms with E-state index in [1.807, 2.05) is 39.0 Å². The summed E-state index contributed by atoms with van der Waals surface area (Å²) in [6, 6.07) is 5.90. The summed E-state index contributed by atoms with van der Waals surface area (Å²) in [4.78, 5) is 12.6. The van der Waals surface area contributed by atoms with Gasteiger partial charge in [-0.05, 0) is 38.3 Å². The second-order valence-corrected chi connectivity index (χ2v) is 5.21. The van der Waals surface area contributed by atoms with Gasteiger partial charge in [0.2, 0.25) is 5.91 Å². The maximum atomic E-state index is 12.3. The third-order valence-corrected chi connectivity index (χ3v) is 3.92. The van der Waals surface area contributed by atoms with Crippen molar-refractivity contribution in [1.82, 2.24) is 0 Å². The number of para-hydroxylation sites is 1. The Hall–Kier alpha value is -1.42. The van der Waals surface area contributed by atoms with E-state index in [1.165, 1.54) is 0 Å². The first-order valence-corrected chi connectivity index (χ1v) is 6.41. The van der Waals surface area contributed by atoms with Crippen molar-refractivity contribution in [1.29, 1.82) is 0 Å². The van der Waals surface area contributed by atoms with Crippen molar-refractivity contribution in [2.75, 3.05) is 5.32 Å². The molecule has 1 aromatic rings. The third kappa shape index (κ3) is 2.70. The molecule has 0 aliphatic heterocycles. The minimum Gasteiger partial charge on any atom is -0.392 e. The highest BCUT2D eigenvalue weighted by atomic mass is 32.1. The van der Waals surface area contributed by atoms with Crippen molar-refractivity contribution in [2.24, 2.45) is 11.1 Å². The molecule has 0 bridgehead atoms. The number of nitrogens with two attached hydrogens (primary N) is 1. The van der Waals surface area contributed by atoms with E-state index in [-0.39, 0.29) is 10.9 Å².